The number of hydrogen-bond acceptors (Lipinski definition) is 6. The van der Waals surface area contributed by atoms with E-state index in [1.807, 2.05) is 48.5 Å². The number of amides is 2. The quantitative estimate of drug-likeness (QED) is 0.358. The van der Waals surface area contributed by atoms with Crippen LogP contribution in [0.25, 0.3) is 0 Å². The molecule has 1 aromatic heterocycles. The lowest BCUT2D eigenvalue weighted by atomic mass is 9.75. The van der Waals surface area contributed by atoms with Crippen LogP contribution < -0.4 is 5.32 Å². The van der Waals surface area contributed by atoms with E-state index >= 15 is 0 Å². The van der Waals surface area contributed by atoms with Crippen LogP contribution in [0.1, 0.15) is 92.6 Å². The molecule has 0 bridgehead atoms. The SMILES string of the molecule is CCCCC(c1ccc(C(=O)NCc2nn[nH]n2)cc1)N1C(=O)C(c2cccc(Cl)c2)=NC12CC(C)CC(C)C2. The van der Waals surface area contributed by atoms with E-state index in [9.17, 15) is 9.59 Å². The second-order valence-electron chi connectivity index (χ2n) is 11.3. The Bertz CT molecular complexity index is 1360. The Hall–Kier alpha value is -3.59. The minimum atomic E-state index is -0.606. The lowest BCUT2D eigenvalue weighted by Crippen LogP contribution is -2.52. The van der Waals surface area contributed by atoms with E-state index in [1.165, 1.54) is 0 Å². The first-order chi connectivity index (χ1) is 19.3. The number of benzene rings is 2. The van der Waals surface area contributed by atoms with Crippen LogP contribution in [0.15, 0.2) is 53.5 Å². The van der Waals surface area contributed by atoms with Gasteiger partial charge in [-0.05, 0) is 67.3 Å². The molecule has 0 radical (unpaired) electrons. The van der Waals surface area contributed by atoms with Crippen molar-refractivity contribution in [2.24, 2.45) is 16.8 Å². The average molecular weight is 562 g/mol. The number of carbonyl (C=O) groups excluding carboxylic acids is 2. The van der Waals surface area contributed by atoms with Gasteiger partial charge >= 0.3 is 0 Å². The third-order valence-corrected chi connectivity index (χ3v) is 8.18. The number of carbonyl (C=O) groups is 2. The fourth-order valence-corrected chi connectivity index (χ4v) is 6.62. The van der Waals surface area contributed by atoms with Crippen molar-refractivity contribution in [3.63, 3.8) is 0 Å². The number of H-pyrrole nitrogens is 1. The molecule has 2 aliphatic rings. The predicted octanol–water partition coefficient (Wildman–Crippen LogP) is 5.50. The number of rotatable bonds is 9. The summed E-state index contributed by atoms with van der Waals surface area (Å²) in [5.41, 5.74) is 2.17. The zero-order valence-corrected chi connectivity index (χ0v) is 24.0. The molecule has 2 N–H and O–H groups in total. The van der Waals surface area contributed by atoms with E-state index < -0.39 is 5.66 Å². The fraction of sp³-hybridized carbons (Fsp3) is 0.467. The van der Waals surface area contributed by atoms with Crippen molar-refractivity contribution in [1.29, 1.82) is 0 Å². The molecule has 3 unspecified atom stereocenters. The molecule has 210 valence electrons. The number of unbranched alkanes of at least 4 members (excludes halogenated alkanes) is 1. The third-order valence-electron chi connectivity index (χ3n) is 7.94. The van der Waals surface area contributed by atoms with Crippen molar-refractivity contribution in [3.05, 3.63) is 76.1 Å². The van der Waals surface area contributed by atoms with E-state index in [0.29, 0.717) is 34.0 Å². The number of hydrogen-bond donors (Lipinski definition) is 2. The molecule has 0 saturated heterocycles. The smallest absolute Gasteiger partial charge is 0.275 e. The van der Waals surface area contributed by atoms with E-state index in [-0.39, 0.29) is 24.4 Å². The maximum Gasteiger partial charge on any atom is 0.275 e. The number of nitrogens with one attached hydrogen (secondary N) is 2. The number of aromatic nitrogens is 4. The standard InChI is InChI=1S/C30H36ClN7O2/c1-4-5-9-25(21-10-12-22(13-11-21)28(39)32-18-26-34-36-37-35-26)38-29(40)27(23-7-6-8-24(31)15-23)33-30(38)16-19(2)14-20(3)17-30/h6-8,10-13,15,19-20,25H,4-5,9,14,16-18H2,1-3H3,(H,32,39)(H,34,35,36,37). The molecule has 3 atom stereocenters. The van der Waals surface area contributed by atoms with Gasteiger partial charge in [-0.3, -0.25) is 14.6 Å². The molecule has 1 aliphatic heterocycles. The van der Waals surface area contributed by atoms with Gasteiger partial charge in [-0.1, -0.05) is 74.7 Å². The van der Waals surface area contributed by atoms with Crippen LogP contribution in [-0.4, -0.2) is 48.7 Å². The van der Waals surface area contributed by atoms with E-state index in [1.54, 1.807) is 0 Å². The summed E-state index contributed by atoms with van der Waals surface area (Å²) in [6, 6.07) is 14.8. The van der Waals surface area contributed by atoms with Crippen LogP contribution in [0, 0.1) is 11.8 Å². The van der Waals surface area contributed by atoms with Crippen molar-refractivity contribution in [2.45, 2.75) is 77.5 Å². The Balaban J connectivity index is 1.48. The minimum Gasteiger partial charge on any atom is -0.345 e. The van der Waals surface area contributed by atoms with Crippen LogP contribution in [0.2, 0.25) is 5.02 Å². The Morgan fingerprint density at radius 3 is 2.58 bits per heavy atom. The second-order valence-corrected chi connectivity index (χ2v) is 11.7. The molecular weight excluding hydrogens is 526 g/mol. The third kappa shape index (κ3) is 5.80. The monoisotopic (exact) mass is 561 g/mol. The lowest BCUT2D eigenvalue weighted by Gasteiger charge is -2.47. The van der Waals surface area contributed by atoms with Gasteiger partial charge in [0.15, 0.2) is 5.82 Å². The molecule has 10 heteroatoms. The van der Waals surface area contributed by atoms with Crippen molar-refractivity contribution in [3.8, 4) is 0 Å². The average Bonchev–Trinajstić information content (AvgIpc) is 3.54. The van der Waals surface area contributed by atoms with Crippen LogP contribution in [-0.2, 0) is 11.3 Å². The highest BCUT2D eigenvalue weighted by atomic mass is 35.5. The number of aromatic amines is 1. The first-order valence-electron chi connectivity index (χ1n) is 14.1. The molecule has 1 spiro atoms. The molecule has 9 nitrogen and oxygen atoms in total. The topological polar surface area (TPSA) is 116 Å². The molecule has 1 saturated carbocycles. The summed E-state index contributed by atoms with van der Waals surface area (Å²) in [5, 5.41) is 17.0. The molecular formula is C30H36ClN7O2. The Morgan fingerprint density at radius 1 is 1.18 bits per heavy atom. The number of tetrazole rings is 1. The van der Waals surface area contributed by atoms with E-state index in [0.717, 1.165) is 49.7 Å². The summed E-state index contributed by atoms with van der Waals surface area (Å²) in [6.45, 7) is 6.86. The van der Waals surface area contributed by atoms with Gasteiger partial charge in [-0.2, -0.15) is 5.21 Å². The summed E-state index contributed by atoms with van der Waals surface area (Å²) < 4.78 is 0. The van der Waals surface area contributed by atoms with Gasteiger partial charge in [0.25, 0.3) is 11.8 Å². The predicted molar refractivity (Wildman–Crippen MR) is 154 cm³/mol. The highest BCUT2D eigenvalue weighted by Crippen LogP contribution is 2.48. The van der Waals surface area contributed by atoms with Gasteiger partial charge < -0.3 is 10.2 Å². The molecule has 1 aliphatic carbocycles. The van der Waals surface area contributed by atoms with Crippen molar-refractivity contribution < 1.29 is 9.59 Å². The highest BCUT2D eigenvalue weighted by molar-refractivity contribution is 6.47. The Labute approximate surface area is 239 Å². The van der Waals surface area contributed by atoms with E-state index in [2.05, 4.69) is 51.6 Å². The number of nitrogens with zero attached hydrogens (tertiary/aromatic N) is 5. The molecule has 40 heavy (non-hydrogen) atoms. The zero-order valence-electron chi connectivity index (χ0n) is 23.2. The largest absolute Gasteiger partial charge is 0.345 e. The van der Waals surface area contributed by atoms with Crippen molar-refractivity contribution in [2.75, 3.05) is 0 Å². The molecule has 1 fully saturated rings. The van der Waals surface area contributed by atoms with Gasteiger partial charge in [0.2, 0.25) is 0 Å². The first kappa shape index (κ1) is 28.0. The van der Waals surface area contributed by atoms with Gasteiger partial charge in [-0.15, -0.1) is 10.2 Å². The van der Waals surface area contributed by atoms with Crippen molar-refractivity contribution in [1.82, 2.24) is 30.8 Å². The van der Waals surface area contributed by atoms with Crippen LogP contribution in [0.4, 0.5) is 0 Å². The summed E-state index contributed by atoms with van der Waals surface area (Å²) in [5.74, 6) is 1.02. The maximum absolute atomic E-state index is 14.3. The Kier molecular flexibility index (Phi) is 8.30. The summed E-state index contributed by atoms with van der Waals surface area (Å²) in [6.07, 6.45) is 5.57. The first-order valence-corrected chi connectivity index (χ1v) is 14.5. The highest BCUT2D eigenvalue weighted by Gasteiger charge is 2.53. The summed E-state index contributed by atoms with van der Waals surface area (Å²) >= 11 is 6.33. The number of halogens is 1. The van der Waals surface area contributed by atoms with E-state index in [4.69, 9.17) is 16.6 Å². The van der Waals surface area contributed by atoms with Gasteiger partial charge in [0.05, 0.1) is 12.6 Å². The second kappa shape index (κ2) is 11.9. The molecule has 5 rings (SSSR count). The maximum atomic E-state index is 14.3. The van der Waals surface area contributed by atoms with Gasteiger partial charge in [0, 0.05) is 16.1 Å². The zero-order chi connectivity index (χ0) is 28.3. The molecule has 2 amide bonds. The van der Waals surface area contributed by atoms with Gasteiger partial charge in [-0.25, -0.2) is 0 Å². The Morgan fingerprint density at radius 2 is 1.93 bits per heavy atom. The van der Waals surface area contributed by atoms with Crippen molar-refractivity contribution >= 4 is 29.1 Å². The van der Waals surface area contributed by atoms with Crippen LogP contribution in [0.5, 0.6) is 0 Å². The summed E-state index contributed by atoms with van der Waals surface area (Å²) in [4.78, 5) is 34.4. The molecule has 2 heterocycles. The fourth-order valence-electron chi connectivity index (χ4n) is 6.43. The normalized spacial score (nSPS) is 23.4. The van der Waals surface area contributed by atoms with Crippen LogP contribution in [0.3, 0.4) is 0 Å². The minimum absolute atomic E-state index is 0.0494. The summed E-state index contributed by atoms with van der Waals surface area (Å²) in [7, 11) is 0. The lowest BCUT2D eigenvalue weighted by molar-refractivity contribution is -0.134. The number of aliphatic imine (C=N–C) groups is 1. The van der Waals surface area contributed by atoms with Gasteiger partial charge in [0.1, 0.15) is 11.4 Å². The molecule has 3 aromatic rings. The molecule has 2 aromatic carbocycles. The van der Waals surface area contributed by atoms with Crippen LogP contribution >= 0.6 is 11.6 Å².